The van der Waals surface area contributed by atoms with Gasteiger partial charge in [0.1, 0.15) is 0 Å². The average Bonchev–Trinajstić information content (AvgIpc) is 2.71. The highest BCUT2D eigenvalue weighted by Crippen LogP contribution is 2.21. The van der Waals surface area contributed by atoms with E-state index in [9.17, 15) is 8.42 Å². The van der Waals surface area contributed by atoms with Crippen LogP contribution in [0, 0.1) is 0 Å². The number of nitrogens with zero attached hydrogens (tertiary/aromatic N) is 2. The molecule has 0 aliphatic rings. The van der Waals surface area contributed by atoms with Gasteiger partial charge in [-0.1, -0.05) is 22.9 Å². The molecule has 5 nitrogen and oxygen atoms in total. The van der Waals surface area contributed by atoms with Crippen molar-refractivity contribution in [3.8, 4) is 0 Å². The van der Waals surface area contributed by atoms with Crippen LogP contribution in [0.4, 0.5) is 0 Å². The fourth-order valence-electron chi connectivity index (χ4n) is 1.86. The standard InChI is InChI=1S/C11H20ClN3O2S2/c1-8(2)15(9(3)4)6-5-14-19(16,17)10-7-13-11(12)18-10/h7-9,14H,5-6H2,1-4H3. The maximum absolute atomic E-state index is 11.9. The van der Waals surface area contributed by atoms with Crippen LogP contribution in [0.1, 0.15) is 27.7 Å². The van der Waals surface area contributed by atoms with Crippen LogP contribution >= 0.6 is 22.9 Å². The van der Waals surface area contributed by atoms with Gasteiger partial charge in [-0.15, -0.1) is 0 Å². The van der Waals surface area contributed by atoms with Crippen LogP contribution in [0.3, 0.4) is 0 Å². The maximum atomic E-state index is 11.9. The third-order valence-electron chi connectivity index (χ3n) is 2.71. The summed E-state index contributed by atoms with van der Waals surface area (Å²) in [6.45, 7) is 9.42. The molecule has 0 fully saturated rings. The molecule has 1 rings (SSSR count). The van der Waals surface area contributed by atoms with Crippen molar-refractivity contribution in [1.82, 2.24) is 14.6 Å². The molecule has 110 valence electrons. The molecule has 19 heavy (non-hydrogen) atoms. The fourth-order valence-corrected chi connectivity index (χ4v) is 4.21. The average molecular weight is 326 g/mol. The second kappa shape index (κ2) is 6.99. The summed E-state index contributed by atoms with van der Waals surface area (Å²) in [5, 5.41) is 0. The molecule has 8 heteroatoms. The largest absolute Gasteiger partial charge is 0.297 e. The highest BCUT2D eigenvalue weighted by molar-refractivity contribution is 7.91. The van der Waals surface area contributed by atoms with Gasteiger partial charge in [0.2, 0.25) is 0 Å². The molecule has 1 aromatic heterocycles. The van der Waals surface area contributed by atoms with E-state index in [0.29, 0.717) is 25.2 Å². The molecule has 0 unspecified atom stereocenters. The van der Waals surface area contributed by atoms with Gasteiger partial charge in [-0.3, -0.25) is 4.90 Å². The third-order valence-corrected chi connectivity index (χ3v) is 5.75. The van der Waals surface area contributed by atoms with Crippen molar-refractivity contribution in [2.24, 2.45) is 0 Å². The minimum atomic E-state index is -3.49. The van der Waals surface area contributed by atoms with Gasteiger partial charge in [-0.2, -0.15) is 0 Å². The zero-order valence-corrected chi connectivity index (χ0v) is 13.9. The lowest BCUT2D eigenvalue weighted by Gasteiger charge is -2.30. The van der Waals surface area contributed by atoms with Gasteiger partial charge in [0.25, 0.3) is 10.0 Å². The molecule has 0 aliphatic heterocycles. The lowest BCUT2D eigenvalue weighted by Crippen LogP contribution is -2.42. The second-order valence-electron chi connectivity index (χ2n) is 4.76. The molecular weight excluding hydrogens is 306 g/mol. The quantitative estimate of drug-likeness (QED) is 0.834. The van der Waals surface area contributed by atoms with Crippen molar-refractivity contribution in [2.75, 3.05) is 13.1 Å². The summed E-state index contributed by atoms with van der Waals surface area (Å²) >= 11 is 6.60. The number of thiazole rings is 1. The number of rotatable bonds is 7. The number of hydrogen-bond donors (Lipinski definition) is 1. The zero-order chi connectivity index (χ0) is 14.6. The second-order valence-corrected chi connectivity index (χ2v) is 8.36. The lowest BCUT2D eigenvalue weighted by molar-refractivity contribution is 0.179. The van der Waals surface area contributed by atoms with Gasteiger partial charge in [0, 0.05) is 25.2 Å². The summed E-state index contributed by atoms with van der Waals surface area (Å²) in [6.07, 6.45) is 1.28. The molecule has 1 N–H and O–H groups in total. The summed E-state index contributed by atoms with van der Waals surface area (Å²) in [5.41, 5.74) is 0. The van der Waals surface area contributed by atoms with Crippen molar-refractivity contribution < 1.29 is 8.42 Å². The Balaban J connectivity index is 2.57. The molecule has 1 aromatic rings. The van der Waals surface area contributed by atoms with Crippen molar-refractivity contribution in [3.05, 3.63) is 10.7 Å². The lowest BCUT2D eigenvalue weighted by atomic mass is 10.2. The van der Waals surface area contributed by atoms with E-state index in [2.05, 4.69) is 42.3 Å². The number of halogens is 1. The van der Waals surface area contributed by atoms with Gasteiger partial charge < -0.3 is 0 Å². The number of hydrogen-bond acceptors (Lipinski definition) is 5. The third kappa shape index (κ3) is 5.00. The number of aromatic nitrogens is 1. The molecule has 0 aromatic carbocycles. The first kappa shape index (κ1) is 16.8. The Kier molecular flexibility index (Phi) is 6.19. The van der Waals surface area contributed by atoms with E-state index in [0.717, 1.165) is 11.3 Å². The molecule has 0 spiro atoms. The first-order valence-corrected chi connectivity index (χ1v) is 8.78. The van der Waals surface area contributed by atoms with E-state index >= 15 is 0 Å². The molecule has 0 aliphatic carbocycles. The van der Waals surface area contributed by atoms with Crippen LogP contribution < -0.4 is 4.72 Å². The Bertz CT molecular complexity index is 492. The monoisotopic (exact) mass is 325 g/mol. The zero-order valence-electron chi connectivity index (χ0n) is 11.6. The summed E-state index contributed by atoms with van der Waals surface area (Å²) in [7, 11) is -3.49. The van der Waals surface area contributed by atoms with Crippen LogP contribution in [0.2, 0.25) is 4.47 Å². The van der Waals surface area contributed by atoms with Gasteiger partial charge in [-0.25, -0.2) is 18.1 Å². The van der Waals surface area contributed by atoms with E-state index < -0.39 is 10.0 Å². The molecule has 0 bridgehead atoms. The van der Waals surface area contributed by atoms with Crippen LogP contribution in [-0.4, -0.2) is 43.5 Å². The normalized spacial score (nSPS) is 12.8. The topological polar surface area (TPSA) is 62.3 Å². The van der Waals surface area contributed by atoms with Crippen molar-refractivity contribution >= 4 is 33.0 Å². The van der Waals surface area contributed by atoms with E-state index in [1.807, 2.05) is 0 Å². The minimum Gasteiger partial charge on any atom is -0.297 e. The molecule has 0 radical (unpaired) electrons. The van der Waals surface area contributed by atoms with Crippen LogP contribution in [0.15, 0.2) is 10.4 Å². The van der Waals surface area contributed by atoms with E-state index in [1.54, 1.807) is 0 Å². The van der Waals surface area contributed by atoms with Gasteiger partial charge in [0.15, 0.2) is 8.68 Å². The Morgan fingerprint density at radius 1 is 1.37 bits per heavy atom. The summed E-state index contributed by atoms with van der Waals surface area (Å²) < 4.78 is 26.8. The molecule has 0 atom stereocenters. The Morgan fingerprint density at radius 2 is 1.95 bits per heavy atom. The molecule has 0 saturated carbocycles. The van der Waals surface area contributed by atoms with Crippen LogP contribution in [0.25, 0.3) is 0 Å². The molecular formula is C11H20ClN3O2S2. The predicted molar refractivity (Wildman–Crippen MR) is 79.3 cm³/mol. The Hall–Kier alpha value is -0.210. The SMILES string of the molecule is CC(C)N(CCNS(=O)(=O)c1cnc(Cl)s1)C(C)C. The van der Waals surface area contributed by atoms with Crippen molar-refractivity contribution in [3.63, 3.8) is 0 Å². The smallest absolute Gasteiger partial charge is 0.251 e. The molecule has 1 heterocycles. The van der Waals surface area contributed by atoms with E-state index in [4.69, 9.17) is 11.6 Å². The van der Waals surface area contributed by atoms with Gasteiger partial charge in [-0.05, 0) is 27.7 Å². The Labute approximate surface area is 124 Å². The number of sulfonamides is 1. The molecule has 0 saturated heterocycles. The predicted octanol–water partition coefficient (Wildman–Crippen LogP) is 2.19. The maximum Gasteiger partial charge on any atom is 0.251 e. The highest BCUT2D eigenvalue weighted by Gasteiger charge is 2.19. The van der Waals surface area contributed by atoms with Gasteiger partial charge in [0.05, 0.1) is 6.20 Å². The minimum absolute atomic E-state index is 0.151. The van der Waals surface area contributed by atoms with Gasteiger partial charge >= 0.3 is 0 Å². The Morgan fingerprint density at radius 3 is 2.37 bits per heavy atom. The summed E-state index contributed by atoms with van der Waals surface area (Å²) in [5.74, 6) is 0. The highest BCUT2D eigenvalue weighted by atomic mass is 35.5. The fraction of sp³-hybridized carbons (Fsp3) is 0.727. The summed E-state index contributed by atoms with van der Waals surface area (Å²) in [6, 6.07) is 0.754. The summed E-state index contributed by atoms with van der Waals surface area (Å²) in [4.78, 5) is 5.96. The first-order valence-electron chi connectivity index (χ1n) is 6.10. The van der Waals surface area contributed by atoms with Crippen LogP contribution in [-0.2, 0) is 10.0 Å². The van der Waals surface area contributed by atoms with E-state index in [1.165, 1.54) is 6.20 Å². The number of nitrogens with one attached hydrogen (secondary N) is 1. The first-order chi connectivity index (χ1) is 8.74. The van der Waals surface area contributed by atoms with Crippen molar-refractivity contribution in [2.45, 2.75) is 44.0 Å². The van der Waals surface area contributed by atoms with Crippen molar-refractivity contribution in [1.29, 1.82) is 0 Å². The van der Waals surface area contributed by atoms with E-state index in [-0.39, 0.29) is 8.68 Å². The van der Waals surface area contributed by atoms with Crippen LogP contribution in [0.5, 0.6) is 0 Å². The molecule has 0 amide bonds.